The van der Waals surface area contributed by atoms with Crippen LogP contribution in [0.25, 0.3) is 0 Å². The first-order valence-corrected chi connectivity index (χ1v) is 5.60. The molecule has 0 aromatic carbocycles. The molecule has 0 aliphatic rings. The van der Waals surface area contributed by atoms with Gasteiger partial charge in [0.2, 0.25) is 0 Å². The summed E-state index contributed by atoms with van der Waals surface area (Å²) >= 11 is 0. The normalized spacial score (nSPS) is 10.3. The van der Waals surface area contributed by atoms with Gasteiger partial charge in [-0.15, -0.1) is 0 Å². The number of hydrogen-bond donors (Lipinski definition) is 1. The van der Waals surface area contributed by atoms with E-state index in [-0.39, 0.29) is 19.0 Å². The SMILES string of the molecule is CCN(CCC(=O)O)C(=O)N(C)CC(C)C. The van der Waals surface area contributed by atoms with E-state index in [1.165, 1.54) is 0 Å². The Balaban J connectivity index is 4.23. The van der Waals surface area contributed by atoms with Crippen molar-refractivity contribution in [2.24, 2.45) is 5.92 Å². The fourth-order valence-electron chi connectivity index (χ4n) is 1.49. The summed E-state index contributed by atoms with van der Waals surface area (Å²) in [7, 11) is 1.74. The van der Waals surface area contributed by atoms with Crippen LogP contribution in [0.4, 0.5) is 4.79 Å². The van der Waals surface area contributed by atoms with Crippen LogP contribution in [-0.2, 0) is 4.79 Å². The number of nitrogens with zero attached hydrogens (tertiary/aromatic N) is 2. The monoisotopic (exact) mass is 230 g/mol. The smallest absolute Gasteiger partial charge is 0.319 e. The van der Waals surface area contributed by atoms with Crippen molar-refractivity contribution in [2.75, 3.05) is 26.7 Å². The number of aliphatic carboxylic acids is 1. The van der Waals surface area contributed by atoms with Crippen molar-refractivity contribution >= 4 is 12.0 Å². The number of carboxylic acid groups (broad SMARTS) is 1. The van der Waals surface area contributed by atoms with Crippen LogP contribution in [-0.4, -0.2) is 53.6 Å². The van der Waals surface area contributed by atoms with Crippen LogP contribution in [0.3, 0.4) is 0 Å². The van der Waals surface area contributed by atoms with Crippen LogP contribution >= 0.6 is 0 Å². The molecule has 0 fully saturated rings. The van der Waals surface area contributed by atoms with E-state index in [4.69, 9.17) is 5.11 Å². The zero-order valence-electron chi connectivity index (χ0n) is 10.6. The number of hydrogen-bond acceptors (Lipinski definition) is 2. The van der Waals surface area contributed by atoms with Crippen molar-refractivity contribution in [3.63, 3.8) is 0 Å². The van der Waals surface area contributed by atoms with Gasteiger partial charge in [-0.1, -0.05) is 13.8 Å². The second-order valence-electron chi connectivity index (χ2n) is 4.28. The molecule has 5 heteroatoms. The lowest BCUT2D eigenvalue weighted by Gasteiger charge is -2.27. The van der Waals surface area contributed by atoms with Crippen molar-refractivity contribution in [3.05, 3.63) is 0 Å². The summed E-state index contributed by atoms with van der Waals surface area (Å²) in [5.74, 6) is -0.468. The van der Waals surface area contributed by atoms with Crippen LogP contribution in [0.2, 0.25) is 0 Å². The van der Waals surface area contributed by atoms with Crippen LogP contribution < -0.4 is 0 Å². The number of carbonyl (C=O) groups is 2. The van der Waals surface area contributed by atoms with Gasteiger partial charge in [-0.25, -0.2) is 4.79 Å². The minimum Gasteiger partial charge on any atom is -0.481 e. The number of rotatable bonds is 6. The maximum atomic E-state index is 11.9. The number of carbonyl (C=O) groups excluding carboxylic acids is 1. The highest BCUT2D eigenvalue weighted by molar-refractivity contribution is 5.75. The van der Waals surface area contributed by atoms with E-state index < -0.39 is 5.97 Å². The first-order chi connectivity index (χ1) is 7.38. The van der Waals surface area contributed by atoms with Crippen LogP contribution in [0.1, 0.15) is 27.2 Å². The van der Waals surface area contributed by atoms with Gasteiger partial charge >= 0.3 is 12.0 Å². The maximum Gasteiger partial charge on any atom is 0.319 e. The summed E-state index contributed by atoms with van der Waals surface area (Å²) < 4.78 is 0. The minimum absolute atomic E-state index is 0.00486. The first-order valence-electron chi connectivity index (χ1n) is 5.60. The summed E-state index contributed by atoms with van der Waals surface area (Å²) in [5, 5.41) is 8.57. The highest BCUT2D eigenvalue weighted by atomic mass is 16.4. The Kier molecular flexibility index (Phi) is 6.53. The number of amides is 2. The Hall–Kier alpha value is -1.26. The van der Waals surface area contributed by atoms with Crippen molar-refractivity contribution in [3.8, 4) is 0 Å². The average Bonchev–Trinajstić information content (AvgIpc) is 2.16. The van der Waals surface area contributed by atoms with Crippen molar-refractivity contribution in [1.82, 2.24) is 9.80 Å². The molecule has 0 aliphatic heterocycles. The van der Waals surface area contributed by atoms with Gasteiger partial charge < -0.3 is 14.9 Å². The predicted molar refractivity (Wildman–Crippen MR) is 62.4 cm³/mol. The lowest BCUT2D eigenvalue weighted by molar-refractivity contribution is -0.137. The average molecular weight is 230 g/mol. The summed E-state index contributed by atoms with van der Waals surface area (Å²) in [4.78, 5) is 25.5. The van der Waals surface area contributed by atoms with Gasteiger partial charge in [0, 0.05) is 26.7 Å². The largest absolute Gasteiger partial charge is 0.481 e. The third-order valence-electron chi connectivity index (χ3n) is 2.21. The molecule has 5 nitrogen and oxygen atoms in total. The highest BCUT2D eigenvalue weighted by Crippen LogP contribution is 2.02. The standard InChI is InChI=1S/C11H22N2O3/c1-5-13(7-6-10(14)15)11(16)12(4)8-9(2)3/h9H,5-8H2,1-4H3,(H,14,15). The molecule has 2 amide bonds. The lowest BCUT2D eigenvalue weighted by Crippen LogP contribution is -2.43. The van der Waals surface area contributed by atoms with Crippen LogP contribution in [0.5, 0.6) is 0 Å². The Labute approximate surface area is 97.0 Å². The molecule has 0 heterocycles. The molecular formula is C11H22N2O3. The minimum atomic E-state index is -0.877. The van der Waals surface area contributed by atoms with Gasteiger partial charge in [0.05, 0.1) is 6.42 Å². The molecule has 0 unspecified atom stereocenters. The predicted octanol–water partition coefficient (Wildman–Crippen LogP) is 1.49. The first kappa shape index (κ1) is 14.7. The maximum absolute atomic E-state index is 11.9. The Morgan fingerprint density at radius 1 is 1.31 bits per heavy atom. The molecular weight excluding hydrogens is 208 g/mol. The molecule has 0 rings (SSSR count). The summed E-state index contributed by atoms with van der Waals surface area (Å²) in [5.41, 5.74) is 0. The molecule has 0 radical (unpaired) electrons. The molecule has 0 saturated carbocycles. The summed E-state index contributed by atoms with van der Waals surface area (Å²) in [6.07, 6.45) is -0.00486. The molecule has 0 spiro atoms. The molecule has 94 valence electrons. The van der Waals surface area contributed by atoms with Crippen LogP contribution in [0, 0.1) is 5.92 Å². The fraction of sp³-hybridized carbons (Fsp3) is 0.818. The Bertz CT molecular complexity index is 241. The number of urea groups is 1. The van der Waals surface area contributed by atoms with Crippen molar-refractivity contribution in [2.45, 2.75) is 27.2 Å². The molecule has 16 heavy (non-hydrogen) atoms. The summed E-state index contributed by atoms with van der Waals surface area (Å²) in [6.45, 7) is 7.42. The second-order valence-corrected chi connectivity index (χ2v) is 4.28. The highest BCUT2D eigenvalue weighted by Gasteiger charge is 2.17. The molecule has 0 saturated heterocycles. The Morgan fingerprint density at radius 3 is 2.25 bits per heavy atom. The summed E-state index contributed by atoms with van der Waals surface area (Å²) in [6, 6.07) is -0.0996. The van der Waals surface area contributed by atoms with E-state index in [1.807, 2.05) is 20.8 Å². The van der Waals surface area contributed by atoms with Crippen molar-refractivity contribution < 1.29 is 14.7 Å². The van der Waals surface area contributed by atoms with Crippen LogP contribution in [0.15, 0.2) is 0 Å². The molecule has 0 bridgehead atoms. The van der Waals surface area contributed by atoms with E-state index in [9.17, 15) is 9.59 Å². The van der Waals surface area contributed by atoms with Gasteiger partial charge in [-0.3, -0.25) is 4.79 Å². The Morgan fingerprint density at radius 2 is 1.88 bits per heavy atom. The molecule has 0 aromatic rings. The second kappa shape index (κ2) is 7.09. The zero-order valence-corrected chi connectivity index (χ0v) is 10.6. The lowest BCUT2D eigenvalue weighted by atomic mass is 10.2. The van der Waals surface area contributed by atoms with E-state index in [0.29, 0.717) is 19.0 Å². The molecule has 0 aliphatic carbocycles. The van der Waals surface area contributed by atoms with E-state index in [1.54, 1.807) is 16.8 Å². The topological polar surface area (TPSA) is 60.9 Å². The van der Waals surface area contributed by atoms with E-state index in [0.717, 1.165) is 0 Å². The third-order valence-corrected chi connectivity index (χ3v) is 2.21. The molecule has 1 N–H and O–H groups in total. The van der Waals surface area contributed by atoms with Gasteiger partial charge in [-0.2, -0.15) is 0 Å². The quantitative estimate of drug-likeness (QED) is 0.752. The number of carboxylic acids is 1. The van der Waals surface area contributed by atoms with Gasteiger partial charge in [0.15, 0.2) is 0 Å². The van der Waals surface area contributed by atoms with Gasteiger partial charge in [0.25, 0.3) is 0 Å². The van der Waals surface area contributed by atoms with E-state index in [2.05, 4.69) is 0 Å². The third kappa shape index (κ3) is 5.58. The fourth-order valence-corrected chi connectivity index (χ4v) is 1.49. The zero-order chi connectivity index (χ0) is 12.7. The van der Waals surface area contributed by atoms with Gasteiger partial charge in [0.1, 0.15) is 0 Å². The van der Waals surface area contributed by atoms with E-state index >= 15 is 0 Å². The molecule has 0 atom stereocenters. The van der Waals surface area contributed by atoms with Crippen molar-refractivity contribution in [1.29, 1.82) is 0 Å². The molecule has 0 aromatic heterocycles. The van der Waals surface area contributed by atoms with Gasteiger partial charge in [-0.05, 0) is 12.8 Å².